The second-order valence-corrected chi connectivity index (χ2v) is 3.35. The van der Waals surface area contributed by atoms with Crippen molar-refractivity contribution in [1.29, 1.82) is 0 Å². The highest BCUT2D eigenvalue weighted by Gasteiger charge is 1.97. The topological polar surface area (TPSA) is 0 Å². The summed E-state index contributed by atoms with van der Waals surface area (Å²) < 4.78 is 0. The fourth-order valence-corrected chi connectivity index (χ4v) is 1.70. The monoisotopic (exact) mass is 180 g/mol. The summed E-state index contributed by atoms with van der Waals surface area (Å²) in [7, 11) is 0. The van der Waals surface area contributed by atoms with Crippen molar-refractivity contribution in [3.8, 4) is 0 Å². The van der Waals surface area contributed by atoms with Crippen molar-refractivity contribution in [2.75, 3.05) is 0 Å². The van der Waals surface area contributed by atoms with E-state index in [9.17, 15) is 0 Å². The van der Waals surface area contributed by atoms with Crippen LogP contribution in [0.3, 0.4) is 0 Å². The normalized spacial score (nSPS) is 10.3. The van der Waals surface area contributed by atoms with Crippen molar-refractivity contribution < 1.29 is 0 Å². The molecular weight excluding hydrogens is 168 g/mol. The zero-order valence-corrected chi connectivity index (χ0v) is 8.09. The van der Waals surface area contributed by atoms with Crippen LogP contribution in [0.4, 0.5) is 0 Å². The van der Waals surface area contributed by atoms with Gasteiger partial charge in [0.1, 0.15) is 0 Å². The van der Waals surface area contributed by atoms with Gasteiger partial charge in [-0.1, -0.05) is 56.1 Å². The van der Waals surface area contributed by atoms with Gasteiger partial charge >= 0.3 is 0 Å². The molecule has 0 unspecified atom stereocenters. The van der Waals surface area contributed by atoms with Crippen LogP contribution in [-0.4, -0.2) is 0 Å². The summed E-state index contributed by atoms with van der Waals surface area (Å²) in [6.45, 7) is 11.8. The van der Waals surface area contributed by atoms with Crippen molar-refractivity contribution in [2.45, 2.75) is 0 Å². The molecule has 0 nitrogen and oxygen atoms in total. The Kier molecular flexibility index (Phi) is 1.97. The number of fused-ring (bicyclic) bond motifs is 1. The molecule has 0 bridgehead atoms. The largest absolute Gasteiger partial charge is 0.0984 e. The van der Waals surface area contributed by atoms with E-state index in [1.807, 2.05) is 24.3 Å². The molecule has 2 aromatic rings. The van der Waals surface area contributed by atoms with Crippen LogP contribution in [0.5, 0.6) is 0 Å². The van der Waals surface area contributed by atoms with E-state index >= 15 is 0 Å². The Balaban J connectivity index is 3.12. The fourth-order valence-electron chi connectivity index (χ4n) is 1.70. The smallest absolute Gasteiger partial charge is 0.00392 e. The maximum Gasteiger partial charge on any atom is -0.00392 e. The molecule has 0 aliphatic rings. The van der Waals surface area contributed by atoms with Crippen LogP contribution in [-0.2, 0) is 0 Å². The molecule has 0 atom stereocenters. The molecule has 0 saturated carbocycles. The number of hydrogen-bond acceptors (Lipinski definition) is 0. The van der Waals surface area contributed by atoms with Gasteiger partial charge in [0.15, 0.2) is 0 Å². The van der Waals surface area contributed by atoms with Crippen LogP contribution >= 0.6 is 0 Å². The molecule has 0 radical (unpaired) electrons. The Hall–Kier alpha value is -1.82. The van der Waals surface area contributed by atoms with E-state index in [-0.39, 0.29) is 0 Å². The molecule has 0 aromatic heterocycles. The lowest BCUT2D eigenvalue weighted by molar-refractivity contribution is 1.60. The molecule has 14 heavy (non-hydrogen) atoms. The van der Waals surface area contributed by atoms with Crippen LogP contribution in [0.1, 0.15) is 5.56 Å². The molecule has 2 aromatic carbocycles. The van der Waals surface area contributed by atoms with E-state index in [4.69, 9.17) is 0 Å². The Labute approximate surface area is 83.5 Å². The van der Waals surface area contributed by atoms with Gasteiger partial charge < -0.3 is 0 Å². The third-order valence-electron chi connectivity index (χ3n) is 2.50. The number of benzene rings is 2. The lowest BCUT2D eigenvalue weighted by Crippen LogP contribution is -2.22. The van der Waals surface area contributed by atoms with Crippen molar-refractivity contribution >= 4 is 30.0 Å². The Bertz CT molecular complexity index is 591. The Morgan fingerprint density at radius 2 is 1.79 bits per heavy atom. The summed E-state index contributed by atoms with van der Waals surface area (Å²) in [5.41, 5.74) is 1.12. The Morgan fingerprint density at radius 3 is 2.50 bits per heavy atom. The minimum Gasteiger partial charge on any atom is -0.0984 e. The van der Waals surface area contributed by atoms with Gasteiger partial charge in [-0.2, -0.15) is 0 Å². The van der Waals surface area contributed by atoms with Gasteiger partial charge in [0.05, 0.1) is 0 Å². The van der Waals surface area contributed by atoms with Gasteiger partial charge in [0.2, 0.25) is 0 Å². The zero-order chi connectivity index (χ0) is 10.1. The number of hydrogen-bond donors (Lipinski definition) is 0. The van der Waals surface area contributed by atoms with Gasteiger partial charge in [-0.25, -0.2) is 0 Å². The van der Waals surface area contributed by atoms with E-state index in [1.165, 1.54) is 5.39 Å². The SMILES string of the molecule is C=Cc1cccc2ccc(=C)c(=C)c12. The highest BCUT2D eigenvalue weighted by atomic mass is 14.0. The first-order valence-corrected chi connectivity index (χ1v) is 4.56. The molecule has 0 aliphatic heterocycles. The summed E-state index contributed by atoms with van der Waals surface area (Å²) in [6, 6.07) is 10.2. The van der Waals surface area contributed by atoms with Gasteiger partial charge in [-0.3, -0.25) is 0 Å². The van der Waals surface area contributed by atoms with E-state index < -0.39 is 0 Å². The van der Waals surface area contributed by atoms with Gasteiger partial charge in [-0.05, 0) is 26.8 Å². The molecule has 0 heteroatoms. The molecule has 0 aliphatic carbocycles. The molecule has 0 N–H and O–H groups in total. The van der Waals surface area contributed by atoms with E-state index in [0.717, 1.165) is 21.4 Å². The predicted molar refractivity (Wildman–Crippen MR) is 64.3 cm³/mol. The molecule has 68 valence electrons. The molecule has 0 spiro atoms. The second-order valence-electron chi connectivity index (χ2n) is 3.35. The molecular formula is C14H12. The average Bonchev–Trinajstić information content (AvgIpc) is 2.23. The third-order valence-corrected chi connectivity index (χ3v) is 2.50. The van der Waals surface area contributed by atoms with Gasteiger partial charge in [0, 0.05) is 0 Å². The summed E-state index contributed by atoms with van der Waals surface area (Å²) >= 11 is 0. The predicted octanol–water partition coefficient (Wildman–Crippen LogP) is 2.30. The Morgan fingerprint density at radius 1 is 1.00 bits per heavy atom. The lowest BCUT2D eigenvalue weighted by atomic mass is 10.0. The quantitative estimate of drug-likeness (QED) is 0.631. The van der Waals surface area contributed by atoms with Crippen LogP contribution < -0.4 is 10.4 Å². The van der Waals surface area contributed by atoms with Crippen molar-refractivity contribution in [1.82, 2.24) is 0 Å². The third kappa shape index (κ3) is 1.16. The second kappa shape index (κ2) is 3.15. The van der Waals surface area contributed by atoms with Crippen LogP contribution in [0, 0.1) is 0 Å². The lowest BCUT2D eigenvalue weighted by Gasteiger charge is -2.02. The van der Waals surface area contributed by atoms with Crippen molar-refractivity contribution in [2.24, 2.45) is 0 Å². The first-order chi connectivity index (χ1) is 6.74. The summed E-state index contributed by atoms with van der Waals surface area (Å²) in [6.07, 6.45) is 1.86. The van der Waals surface area contributed by atoms with Gasteiger partial charge in [0.25, 0.3) is 0 Å². The highest BCUT2D eigenvalue weighted by molar-refractivity contribution is 5.90. The van der Waals surface area contributed by atoms with E-state index in [1.54, 1.807) is 0 Å². The summed E-state index contributed by atoms with van der Waals surface area (Å²) in [4.78, 5) is 0. The molecule has 0 fully saturated rings. The minimum absolute atomic E-state index is 0.979. The molecule has 0 amide bonds. The molecule has 0 heterocycles. The van der Waals surface area contributed by atoms with Crippen LogP contribution in [0.15, 0.2) is 36.9 Å². The summed E-state index contributed by atoms with van der Waals surface area (Å²) in [5.74, 6) is 0. The molecule has 2 rings (SSSR count). The van der Waals surface area contributed by atoms with Crippen molar-refractivity contribution in [3.05, 3.63) is 52.9 Å². The first-order valence-electron chi connectivity index (χ1n) is 4.56. The standard InChI is InChI=1S/C14H12/c1-4-12-6-5-7-13-9-8-10(2)11(3)14(12)13/h4-9H,1-3H2. The summed E-state index contributed by atoms with van der Waals surface area (Å²) in [5, 5.41) is 4.33. The maximum atomic E-state index is 4.05. The average molecular weight is 180 g/mol. The van der Waals surface area contributed by atoms with Crippen LogP contribution in [0.2, 0.25) is 0 Å². The fraction of sp³-hybridized carbons (Fsp3) is 0. The first kappa shape index (κ1) is 8.76. The van der Waals surface area contributed by atoms with E-state index in [2.05, 4.69) is 31.9 Å². The molecule has 0 saturated heterocycles. The van der Waals surface area contributed by atoms with Crippen LogP contribution in [0.25, 0.3) is 30.0 Å². The maximum absolute atomic E-state index is 4.05. The van der Waals surface area contributed by atoms with E-state index in [0.29, 0.717) is 0 Å². The van der Waals surface area contributed by atoms with Crippen molar-refractivity contribution in [3.63, 3.8) is 0 Å². The highest BCUT2D eigenvalue weighted by Crippen LogP contribution is 2.14. The van der Waals surface area contributed by atoms with Gasteiger partial charge in [-0.15, -0.1) is 0 Å². The minimum atomic E-state index is 0.979. The number of rotatable bonds is 1. The zero-order valence-electron chi connectivity index (χ0n) is 8.09.